The van der Waals surface area contributed by atoms with Gasteiger partial charge in [-0.1, -0.05) is 6.92 Å². The fourth-order valence-electron chi connectivity index (χ4n) is 2.27. The van der Waals surface area contributed by atoms with E-state index in [1.807, 2.05) is 13.0 Å². The Morgan fingerprint density at radius 1 is 1.26 bits per heavy atom. The lowest BCUT2D eigenvalue weighted by atomic mass is 10.1. The number of likely N-dealkylation sites (N-methyl/N-ethyl adjacent to an activating group) is 1. The van der Waals surface area contributed by atoms with Crippen molar-refractivity contribution >= 4 is 11.6 Å². The van der Waals surface area contributed by atoms with E-state index in [0.29, 0.717) is 11.3 Å². The van der Waals surface area contributed by atoms with E-state index in [2.05, 4.69) is 4.98 Å². The third kappa shape index (κ3) is 4.32. The van der Waals surface area contributed by atoms with Crippen LogP contribution in [0.2, 0.25) is 0 Å². The van der Waals surface area contributed by atoms with Gasteiger partial charge in [-0.3, -0.25) is 9.78 Å². The van der Waals surface area contributed by atoms with Crippen LogP contribution in [0.25, 0.3) is 0 Å². The average molecular weight is 319 g/mol. The molecule has 6 heteroatoms. The summed E-state index contributed by atoms with van der Waals surface area (Å²) in [5, 5.41) is 0. The molecule has 0 spiro atoms. The number of hydrogen-bond acceptors (Lipinski definition) is 3. The largest absolute Gasteiger partial charge is 0.320 e. The van der Waals surface area contributed by atoms with Gasteiger partial charge in [0.1, 0.15) is 11.6 Å². The Morgan fingerprint density at radius 3 is 2.43 bits per heavy atom. The number of aryl methyl sites for hydroxylation is 1. The first-order valence-corrected chi connectivity index (χ1v) is 7.33. The summed E-state index contributed by atoms with van der Waals surface area (Å²) in [5.41, 5.74) is 7.77. The minimum absolute atomic E-state index is 0.0539. The molecule has 23 heavy (non-hydrogen) atoms. The van der Waals surface area contributed by atoms with Crippen LogP contribution in [-0.4, -0.2) is 24.0 Å². The molecule has 0 fully saturated rings. The molecule has 1 heterocycles. The third-order valence-corrected chi connectivity index (χ3v) is 3.58. The highest BCUT2D eigenvalue weighted by Crippen LogP contribution is 2.15. The van der Waals surface area contributed by atoms with E-state index in [1.54, 1.807) is 19.3 Å². The number of pyridine rings is 1. The van der Waals surface area contributed by atoms with Gasteiger partial charge in [0, 0.05) is 18.8 Å². The molecule has 4 nitrogen and oxygen atoms in total. The summed E-state index contributed by atoms with van der Waals surface area (Å²) >= 11 is 0. The Kier molecular flexibility index (Phi) is 5.39. The second kappa shape index (κ2) is 7.28. The van der Waals surface area contributed by atoms with E-state index >= 15 is 0 Å². The number of halogens is 2. The summed E-state index contributed by atoms with van der Waals surface area (Å²) in [7, 11) is 1.59. The predicted molar refractivity (Wildman–Crippen MR) is 85.1 cm³/mol. The van der Waals surface area contributed by atoms with Gasteiger partial charge in [-0.25, -0.2) is 8.78 Å². The number of benzene rings is 1. The van der Waals surface area contributed by atoms with Gasteiger partial charge < -0.3 is 10.6 Å². The van der Waals surface area contributed by atoms with Gasteiger partial charge in [0.05, 0.1) is 17.9 Å². The van der Waals surface area contributed by atoms with Crippen LogP contribution in [0.15, 0.2) is 36.5 Å². The van der Waals surface area contributed by atoms with E-state index in [-0.39, 0.29) is 12.3 Å². The highest BCUT2D eigenvalue weighted by atomic mass is 19.1. The summed E-state index contributed by atoms with van der Waals surface area (Å²) in [4.78, 5) is 18.0. The second-order valence-corrected chi connectivity index (χ2v) is 5.35. The monoisotopic (exact) mass is 319 g/mol. The van der Waals surface area contributed by atoms with Crippen LogP contribution in [0.5, 0.6) is 0 Å². The molecule has 0 saturated heterocycles. The first-order valence-electron chi connectivity index (χ1n) is 7.33. The van der Waals surface area contributed by atoms with Gasteiger partial charge in [0.15, 0.2) is 0 Å². The number of hydrogen-bond donors (Lipinski definition) is 1. The minimum atomic E-state index is -0.896. The molecule has 0 aliphatic heterocycles. The van der Waals surface area contributed by atoms with Crippen LogP contribution in [0.3, 0.4) is 0 Å². The zero-order chi connectivity index (χ0) is 17.0. The molecule has 0 saturated carbocycles. The van der Waals surface area contributed by atoms with Crippen molar-refractivity contribution in [2.75, 3.05) is 11.9 Å². The van der Waals surface area contributed by atoms with Crippen molar-refractivity contribution < 1.29 is 13.6 Å². The highest BCUT2D eigenvalue weighted by Gasteiger charge is 2.20. The normalized spacial score (nSPS) is 12.0. The molecule has 2 N–H and O–H groups in total. The molecule has 2 aromatic rings. The lowest BCUT2D eigenvalue weighted by molar-refractivity contribution is -0.119. The Labute approximate surface area is 133 Å². The molecule has 1 aromatic carbocycles. The van der Waals surface area contributed by atoms with Crippen molar-refractivity contribution in [2.24, 2.45) is 5.73 Å². The van der Waals surface area contributed by atoms with E-state index in [9.17, 15) is 13.6 Å². The van der Waals surface area contributed by atoms with Crippen molar-refractivity contribution in [3.05, 3.63) is 59.4 Å². The Balaban J connectivity index is 2.08. The molecular weight excluding hydrogens is 300 g/mol. The van der Waals surface area contributed by atoms with Crippen molar-refractivity contribution in [1.29, 1.82) is 0 Å². The van der Waals surface area contributed by atoms with Crippen LogP contribution in [-0.2, 0) is 17.6 Å². The van der Waals surface area contributed by atoms with Crippen LogP contribution in [0, 0.1) is 11.6 Å². The first-order chi connectivity index (χ1) is 10.9. The topological polar surface area (TPSA) is 59.2 Å². The summed E-state index contributed by atoms with van der Waals surface area (Å²) in [6.45, 7) is 1.99. The summed E-state index contributed by atoms with van der Waals surface area (Å²) in [6, 6.07) is 5.86. The molecule has 0 aliphatic rings. The third-order valence-electron chi connectivity index (χ3n) is 3.58. The molecule has 1 atom stereocenters. The second-order valence-electron chi connectivity index (χ2n) is 5.35. The number of aromatic nitrogens is 1. The number of anilines is 1. The lowest BCUT2D eigenvalue weighted by Crippen LogP contribution is -2.43. The molecule has 1 amide bonds. The SMILES string of the molecule is CCc1ccc(N(C)C(=O)[C@@H](N)Cc2cc(F)cc(F)c2)cn1. The Hall–Kier alpha value is -2.34. The first kappa shape index (κ1) is 17.0. The number of nitrogens with zero attached hydrogens (tertiary/aromatic N) is 2. The minimum Gasteiger partial charge on any atom is -0.320 e. The van der Waals surface area contributed by atoms with Crippen LogP contribution in [0.1, 0.15) is 18.2 Å². The van der Waals surface area contributed by atoms with Crippen LogP contribution in [0.4, 0.5) is 14.5 Å². The van der Waals surface area contributed by atoms with Gasteiger partial charge in [0.2, 0.25) is 5.91 Å². The van der Waals surface area contributed by atoms with Gasteiger partial charge >= 0.3 is 0 Å². The number of rotatable bonds is 5. The van der Waals surface area contributed by atoms with Gasteiger partial charge in [-0.15, -0.1) is 0 Å². The van der Waals surface area contributed by atoms with E-state index in [4.69, 9.17) is 5.73 Å². The summed E-state index contributed by atoms with van der Waals surface area (Å²) < 4.78 is 26.4. The van der Waals surface area contributed by atoms with Crippen LogP contribution >= 0.6 is 0 Å². The van der Waals surface area contributed by atoms with Crippen molar-refractivity contribution in [3.8, 4) is 0 Å². The molecular formula is C17H19F2N3O. The number of amides is 1. The summed E-state index contributed by atoms with van der Waals surface area (Å²) in [5.74, 6) is -1.72. The van der Waals surface area contributed by atoms with Gasteiger partial charge in [0.25, 0.3) is 0 Å². The summed E-state index contributed by atoms with van der Waals surface area (Å²) in [6.07, 6.45) is 2.46. The van der Waals surface area contributed by atoms with E-state index in [1.165, 1.54) is 17.0 Å². The van der Waals surface area contributed by atoms with Crippen LogP contribution < -0.4 is 10.6 Å². The number of nitrogens with two attached hydrogens (primary N) is 1. The molecule has 1 aromatic heterocycles. The lowest BCUT2D eigenvalue weighted by Gasteiger charge is -2.21. The molecule has 2 rings (SSSR count). The average Bonchev–Trinajstić information content (AvgIpc) is 2.52. The van der Waals surface area contributed by atoms with Crippen molar-refractivity contribution in [2.45, 2.75) is 25.8 Å². The van der Waals surface area contributed by atoms with Gasteiger partial charge in [-0.05, 0) is 42.7 Å². The number of carbonyl (C=O) groups is 1. The van der Waals surface area contributed by atoms with E-state index in [0.717, 1.165) is 18.2 Å². The Morgan fingerprint density at radius 2 is 1.91 bits per heavy atom. The zero-order valence-corrected chi connectivity index (χ0v) is 13.1. The Bertz CT molecular complexity index is 668. The fourth-order valence-corrected chi connectivity index (χ4v) is 2.27. The zero-order valence-electron chi connectivity index (χ0n) is 13.1. The maximum absolute atomic E-state index is 13.2. The molecule has 0 radical (unpaired) electrons. The smallest absolute Gasteiger partial charge is 0.244 e. The van der Waals surface area contributed by atoms with Crippen molar-refractivity contribution in [3.63, 3.8) is 0 Å². The number of carbonyl (C=O) groups excluding carboxylic acids is 1. The highest BCUT2D eigenvalue weighted by molar-refractivity contribution is 5.96. The van der Waals surface area contributed by atoms with Crippen molar-refractivity contribution in [1.82, 2.24) is 4.98 Å². The van der Waals surface area contributed by atoms with E-state index < -0.39 is 17.7 Å². The fraction of sp³-hybridized carbons (Fsp3) is 0.294. The quantitative estimate of drug-likeness (QED) is 0.921. The molecule has 0 aliphatic carbocycles. The molecule has 0 unspecified atom stereocenters. The molecule has 122 valence electrons. The standard InChI is InChI=1S/C17H19F2N3O/c1-3-14-4-5-15(10-21-14)22(2)17(23)16(20)8-11-6-12(18)9-13(19)7-11/h4-7,9-10,16H,3,8,20H2,1-2H3/t16-/m0/s1. The predicted octanol–water partition coefficient (Wildman–Crippen LogP) is 2.46. The maximum atomic E-state index is 13.2. The molecule has 0 bridgehead atoms. The maximum Gasteiger partial charge on any atom is 0.244 e. The van der Waals surface area contributed by atoms with Gasteiger partial charge in [-0.2, -0.15) is 0 Å².